The van der Waals surface area contributed by atoms with E-state index in [0.29, 0.717) is 17.6 Å². The lowest BCUT2D eigenvalue weighted by molar-refractivity contribution is -0.144. The van der Waals surface area contributed by atoms with Crippen LogP contribution in [0.15, 0.2) is 95.7 Å². The van der Waals surface area contributed by atoms with E-state index < -0.39 is 127 Å². The minimum atomic E-state index is -1.94. The number of benzene rings is 2. The minimum Gasteiger partial charge on any atom is -0.508 e. The van der Waals surface area contributed by atoms with Crippen LogP contribution >= 0.6 is 0 Å². The number of carbonyl (C=O) groups is 9. The summed E-state index contributed by atoms with van der Waals surface area (Å²) in [6, 6.07) is 5.74. The van der Waals surface area contributed by atoms with E-state index in [4.69, 9.17) is 11.5 Å². The van der Waals surface area contributed by atoms with Crippen molar-refractivity contribution in [1.82, 2.24) is 36.8 Å². The van der Waals surface area contributed by atoms with Crippen molar-refractivity contribution in [3.8, 4) is 5.75 Å². The highest BCUT2D eigenvalue weighted by atomic mass is 16.4. The second kappa shape index (κ2) is 28.7. The predicted octanol–water partition coefficient (Wildman–Crippen LogP) is -0.379. The first kappa shape index (κ1) is 59.2. The highest BCUT2D eigenvalue weighted by Crippen LogP contribution is 2.18. The van der Waals surface area contributed by atoms with Crippen molar-refractivity contribution in [1.29, 1.82) is 0 Å². The fraction of sp³-hybridized carbons (Fsp3) is 0.440. The molecule has 3 rings (SSSR count). The largest absolute Gasteiger partial charge is 0.508 e. The summed E-state index contributed by atoms with van der Waals surface area (Å²) in [6.45, 7) is 9.78. The molecule has 23 heteroatoms. The van der Waals surface area contributed by atoms with Crippen LogP contribution in [0.3, 0.4) is 0 Å². The van der Waals surface area contributed by atoms with Crippen molar-refractivity contribution in [3.63, 3.8) is 0 Å². The van der Waals surface area contributed by atoms with Gasteiger partial charge in [-0.2, -0.15) is 0 Å². The van der Waals surface area contributed by atoms with E-state index in [1.54, 1.807) is 26.0 Å². The Kier molecular flexibility index (Phi) is 23.3. The lowest BCUT2D eigenvalue weighted by Crippen LogP contribution is -2.57. The molecule has 396 valence electrons. The van der Waals surface area contributed by atoms with Crippen molar-refractivity contribution >= 4 is 59.2 Å². The average Bonchev–Trinajstić information content (AvgIpc) is 3.33. The van der Waals surface area contributed by atoms with Crippen LogP contribution in [-0.2, 0) is 56.0 Å². The van der Waals surface area contributed by atoms with Gasteiger partial charge in [0.05, 0.1) is 24.5 Å². The summed E-state index contributed by atoms with van der Waals surface area (Å²) < 4.78 is 0. The van der Waals surface area contributed by atoms with Crippen LogP contribution in [-0.4, -0.2) is 141 Å². The number of phenolic OH excluding ortho intramolecular Hbond substituents is 1. The number of carboxylic acids is 2. The molecule has 0 aromatic heterocycles. The highest BCUT2D eigenvalue weighted by molar-refractivity contribution is 6.00. The fourth-order valence-electron chi connectivity index (χ4n) is 7.35. The molecule has 7 amide bonds. The number of likely N-dealkylation sites (N-methyl/N-ethyl adjacent to an activating group) is 1. The number of aromatic hydroxyl groups is 1. The van der Waals surface area contributed by atoms with Crippen LogP contribution in [0, 0.1) is 11.8 Å². The molecule has 1 saturated heterocycles. The van der Waals surface area contributed by atoms with Gasteiger partial charge in [0, 0.05) is 32.4 Å². The second-order valence-electron chi connectivity index (χ2n) is 17.8. The third-order valence-electron chi connectivity index (χ3n) is 11.9. The molecule has 0 bridgehead atoms. The van der Waals surface area contributed by atoms with Crippen LogP contribution in [0.25, 0.3) is 0 Å². The molecule has 1 aliphatic heterocycles. The lowest BCUT2D eigenvalue weighted by Gasteiger charge is -2.27. The van der Waals surface area contributed by atoms with Gasteiger partial charge in [-0.15, -0.1) is 0 Å². The zero-order valence-corrected chi connectivity index (χ0v) is 41.5. The maximum absolute atomic E-state index is 14.4. The number of hydrogen-bond donors (Lipinski definition) is 12. The van der Waals surface area contributed by atoms with Gasteiger partial charge in [0.25, 0.3) is 5.91 Å². The SMILES string of the molecule is C=C1C(=O)N[C@H](C)C(=O)N[C@@H](CCCN=C(N)N)C(=O)NC(C(=O)O)CC(=O)NC(Cc2ccc(O)cc2)C(=O)NC(/C=C/C(C)=C/[C@H](C)[C@@H](O)Cc2ccccc2)[C@H](C)C(=O)N[C@@H](C(=O)O)CCC(=O)N1C. The molecule has 1 heterocycles. The van der Waals surface area contributed by atoms with Crippen LogP contribution < -0.4 is 43.4 Å². The number of aliphatic carboxylic acids is 2. The number of carboxylic acid groups (broad SMARTS) is 2. The molecule has 9 atom stereocenters. The normalized spacial score (nSPS) is 23.8. The first-order valence-electron chi connectivity index (χ1n) is 23.5. The van der Waals surface area contributed by atoms with Gasteiger partial charge in [-0.25, -0.2) is 9.59 Å². The summed E-state index contributed by atoms with van der Waals surface area (Å²) in [7, 11) is 1.18. The topological polar surface area (TPSA) is 374 Å². The molecule has 0 aliphatic carbocycles. The van der Waals surface area contributed by atoms with Gasteiger partial charge in [0.15, 0.2) is 5.96 Å². The van der Waals surface area contributed by atoms with E-state index >= 15 is 0 Å². The molecule has 1 aliphatic rings. The van der Waals surface area contributed by atoms with Gasteiger partial charge in [-0.3, -0.25) is 38.6 Å². The van der Waals surface area contributed by atoms with Gasteiger partial charge >= 0.3 is 11.9 Å². The Bertz CT molecular complexity index is 2410. The Labute approximate surface area is 423 Å². The van der Waals surface area contributed by atoms with E-state index in [1.807, 2.05) is 30.3 Å². The number of carbonyl (C=O) groups excluding carboxylic acids is 7. The zero-order chi connectivity index (χ0) is 54.5. The summed E-state index contributed by atoms with van der Waals surface area (Å²) >= 11 is 0. The van der Waals surface area contributed by atoms with Crippen molar-refractivity contribution in [2.45, 2.75) is 115 Å². The Morgan fingerprint density at radius 3 is 2.05 bits per heavy atom. The maximum atomic E-state index is 14.4. The Hall–Kier alpha value is -8.08. The van der Waals surface area contributed by atoms with E-state index in [-0.39, 0.29) is 43.4 Å². The number of nitrogens with one attached hydrogen (secondary N) is 6. The summed E-state index contributed by atoms with van der Waals surface area (Å²) in [5.41, 5.74) is 12.3. The van der Waals surface area contributed by atoms with Gasteiger partial charge in [0.2, 0.25) is 35.4 Å². The monoisotopic (exact) mass is 1020 g/mol. The molecular weight excluding hydrogens is 949 g/mol. The average molecular weight is 1020 g/mol. The number of aliphatic imine (C=N–C) groups is 1. The molecule has 3 unspecified atom stereocenters. The first-order chi connectivity index (χ1) is 34.4. The quantitative estimate of drug-likeness (QED) is 0.0377. The number of rotatable bonds is 14. The molecule has 0 radical (unpaired) electrons. The molecule has 2 aromatic carbocycles. The Morgan fingerprint density at radius 2 is 1.44 bits per heavy atom. The van der Waals surface area contributed by atoms with Crippen LogP contribution in [0.4, 0.5) is 0 Å². The molecule has 2 aromatic rings. The first-order valence-corrected chi connectivity index (χ1v) is 23.5. The van der Waals surface area contributed by atoms with E-state index in [1.165, 1.54) is 51.2 Å². The van der Waals surface area contributed by atoms with Gasteiger partial charge in [0.1, 0.15) is 41.7 Å². The maximum Gasteiger partial charge on any atom is 0.326 e. The Balaban J connectivity index is 2.11. The van der Waals surface area contributed by atoms with Gasteiger partial charge in [-0.05, 0) is 62.8 Å². The van der Waals surface area contributed by atoms with Crippen LogP contribution in [0.5, 0.6) is 5.75 Å². The summed E-state index contributed by atoms with van der Waals surface area (Å²) in [5.74, 6) is -11.8. The number of aliphatic hydroxyl groups is 1. The third-order valence-corrected chi connectivity index (χ3v) is 11.9. The minimum absolute atomic E-state index is 0.00852. The molecule has 1 fully saturated rings. The third kappa shape index (κ3) is 19.9. The van der Waals surface area contributed by atoms with E-state index in [9.17, 15) is 63.6 Å². The zero-order valence-electron chi connectivity index (χ0n) is 41.5. The van der Waals surface area contributed by atoms with Crippen LogP contribution in [0.1, 0.15) is 70.9 Å². The summed E-state index contributed by atoms with van der Waals surface area (Å²) in [4.78, 5) is 126. The van der Waals surface area contributed by atoms with Crippen molar-refractivity contribution in [3.05, 3.63) is 102 Å². The van der Waals surface area contributed by atoms with Crippen molar-refractivity contribution in [2.75, 3.05) is 13.6 Å². The number of aliphatic hydroxyl groups excluding tert-OH is 1. The van der Waals surface area contributed by atoms with E-state index in [0.717, 1.165) is 10.5 Å². The van der Waals surface area contributed by atoms with Gasteiger partial charge in [-0.1, -0.05) is 86.7 Å². The molecule has 23 nitrogen and oxygen atoms in total. The molecular formula is C50H68N10O13. The number of nitrogens with two attached hydrogens (primary N) is 2. The molecule has 0 saturated carbocycles. The number of phenols is 1. The lowest BCUT2D eigenvalue weighted by atomic mass is 9.94. The number of nitrogens with zero attached hydrogens (tertiary/aromatic N) is 2. The number of guanidine groups is 1. The second-order valence-corrected chi connectivity index (χ2v) is 17.8. The van der Waals surface area contributed by atoms with Crippen LogP contribution in [0.2, 0.25) is 0 Å². The fourth-order valence-corrected chi connectivity index (χ4v) is 7.35. The van der Waals surface area contributed by atoms with Crippen molar-refractivity contribution < 1.29 is 63.6 Å². The standard InChI is InChI=1S/C50H68N10O13/c1-27(23-28(2)40(62)25-32-11-8-7-9-12-32)14-19-35-29(3)43(65)58-37(48(70)71)20-21-42(64)60(6)31(5)45(67)54-30(4)44(66)57-36(13-10-22-53-50(51)52)46(68)59-39(49(72)73)26-41(63)55-38(47(69)56-35)24-33-15-17-34(61)18-16-33/h7-9,11-12,14-19,23,28-30,35-40,61-62H,5,10,13,20-22,24-26H2,1-4,6H3,(H,54,67)(H,55,63)(H,56,69)(H,57,66)(H,58,65)(H,59,68)(H,70,71)(H,72,73)(H4,51,52,53)/b19-14+,27-23+/t28-,29-,30+,35?,36-,37+,38?,39?,40-/m0/s1. The molecule has 14 N–H and O–H groups in total. The predicted molar refractivity (Wildman–Crippen MR) is 267 cm³/mol. The Morgan fingerprint density at radius 1 is 0.822 bits per heavy atom. The number of allylic oxidation sites excluding steroid dienone is 2. The van der Waals surface area contributed by atoms with Crippen molar-refractivity contribution in [2.24, 2.45) is 28.3 Å². The molecule has 0 spiro atoms. The molecule has 73 heavy (non-hydrogen) atoms. The summed E-state index contributed by atoms with van der Waals surface area (Å²) in [5, 5.41) is 56.0. The number of hydrogen-bond acceptors (Lipinski definition) is 12. The summed E-state index contributed by atoms with van der Waals surface area (Å²) in [6.07, 6.45) is 2.14. The van der Waals surface area contributed by atoms with E-state index in [2.05, 4.69) is 43.5 Å². The highest BCUT2D eigenvalue weighted by Gasteiger charge is 2.34. The smallest absolute Gasteiger partial charge is 0.326 e. The van der Waals surface area contributed by atoms with Gasteiger partial charge < -0.3 is 68.7 Å². The number of amides is 7.